The SMILES string of the molecule is Cc1ccc(-c2csc3nc(CCl)nc(Cl)c23)cc1C. The van der Waals surface area contributed by atoms with Crippen molar-refractivity contribution >= 4 is 44.8 Å². The van der Waals surface area contributed by atoms with Crippen LogP contribution in [0.2, 0.25) is 5.15 Å². The molecule has 0 radical (unpaired) electrons. The molecule has 102 valence electrons. The maximum atomic E-state index is 6.31. The van der Waals surface area contributed by atoms with Crippen molar-refractivity contribution in [1.29, 1.82) is 0 Å². The summed E-state index contributed by atoms with van der Waals surface area (Å²) in [6.07, 6.45) is 0. The molecule has 2 nitrogen and oxygen atoms in total. The van der Waals surface area contributed by atoms with E-state index in [0.717, 1.165) is 21.3 Å². The Hall–Kier alpha value is -1.16. The Morgan fingerprint density at radius 2 is 1.95 bits per heavy atom. The van der Waals surface area contributed by atoms with Gasteiger partial charge in [0.2, 0.25) is 0 Å². The zero-order chi connectivity index (χ0) is 14.3. The van der Waals surface area contributed by atoms with E-state index in [-0.39, 0.29) is 5.88 Å². The van der Waals surface area contributed by atoms with Gasteiger partial charge in [-0.1, -0.05) is 29.8 Å². The number of hydrogen-bond acceptors (Lipinski definition) is 3. The van der Waals surface area contributed by atoms with E-state index >= 15 is 0 Å². The van der Waals surface area contributed by atoms with Gasteiger partial charge in [-0.3, -0.25) is 0 Å². The molecule has 1 aromatic carbocycles. The van der Waals surface area contributed by atoms with Crippen LogP contribution in [0.4, 0.5) is 0 Å². The topological polar surface area (TPSA) is 25.8 Å². The average molecular weight is 323 g/mol. The minimum absolute atomic E-state index is 0.270. The van der Waals surface area contributed by atoms with Crippen LogP contribution < -0.4 is 0 Å². The zero-order valence-corrected chi connectivity index (χ0v) is 13.4. The Morgan fingerprint density at radius 1 is 1.15 bits per heavy atom. The van der Waals surface area contributed by atoms with Gasteiger partial charge in [0.1, 0.15) is 15.8 Å². The van der Waals surface area contributed by atoms with Gasteiger partial charge < -0.3 is 0 Å². The van der Waals surface area contributed by atoms with E-state index in [9.17, 15) is 0 Å². The molecule has 0 bridgehead atoms. The summed E-state index contributed by atoms with van der Waals surface area (Å²) in [7, 11) is 0. The minimum Gasteiger partial charge on any atom is -0.221 e. The highest BCUT2D eigenvalue weighted by molar-refractivity contribution is 7.17. The van der Waals surface area contributed by atoms with Crippen molar-refractivity contribution in [2.45, 2.75) is 19.7 Å². The molecule has 2 heterocycles. The van der Waals surface area contributed by atoms with Gasteiger partial charge in [-0.05, 0) is 30.5 Å². The van der Waals surface area contributed by atoms with Gasteiger partial charge in [0.05, 0.1) is 11.3 Å². The van der Waals surface area contributed by atoms with Crippen molar-refractivity contribution in [3.05, 3.63) is 45.7 Å². The van der Waals surface area contributed by atoms with Crippen molar-refractivity contribution in [1.82, 2.24) is 9.97 Å². The van der Waals surface area contributed by atoms with Crippen LogP contribution >= 0.6 is 34.5 Å². The number of nitrogens with zero attached hydrogens (tertiary/aromatic N) is 2. The van der Waals surface area contributed by atoms with E-state index < -0.39 is 0 Å². The lowest BCUT2D eigenvalue weighted by Crippen LogP contribution is -1.92. The standard InChI is InChI=1S/C15H12Cl2N2S/c1-8-3-4-10(5-9(8)2)11-7-20-15-13(11)14(17)18-12(6-16)19-15/h3-5,7H,6H2,1-2H3. The van der Waals surface area contributed by atoms with Crippen LogP contribution in [-0.2, 0) is 5.88 Å². The third kappa shape index (κ3) is 2.30. The highest BCUT2D eigenvalue weighted by Gasteiger charge is 2.14. The number of halogens is 2. The molecule has 0 spiro atoms. The van der Waals surface area contributed by atoms with E-state index in [1.54, 1.807) is 11.3 Å². The lowest BCUT2D eigenvalue weighted by molar-refractivity contribution is 1.07. The normalized spacial score (nSPS) is 11.2. The predicted octanol–water partition coefficient (Wildman–Crippen LogP) is 5.37. The molecule has 5 heteroatoms. The Bertz CT molecular complexity index is 796. The van der Waals surface area contributed by atoms with Gasteiger partial charge in [-0.2, -0.15) is 0 Å². The number of fused-ring (bicyclic) bond motifs is 1. The Morgan fingerprint density at radius 3 is 2.65 bits per heavy atom. The zero-order valence-electron chi connectivity index (χ0n) is 11.1. The number of thiophene rings is 1. The Kier molecular flexibility index (Phi) is 3.67. The predicted molar refractivity (Wildman–Crippen MR) is 86.9 cm³/mol. The van der Waals surface area contributed by atoms with E-state index in [0.29, 0.717) is 11.0 Å². The fourth-order valence-electron chi connectivity index (χ4n) is 2.12. The molecular formula is C15H12Cl2N2S. The maximum Gasteiger partial charge on any atom is 0.146 e. The fourth-order valence-corrected chi connectivity index (χ4v) is 3.55. The molecule has 0 N–H and O–H groups in total. The summed E-state index contributed by atoms with van der Waals surface area (Å²) in [6, 6.07) is 6.40. The van der Waals surface area contributed by atoms with Crippen molar-refractivity contribution in [2.24, 2.45) is 0 Å². The molecule has 0 unspecified atom stereocenters. The first-order chi connectivity index (χ1) is 9.60. The number of alkyl halides is 1. The highest BCUT2D eigenvalue weighted by atomic mass is 35.5. The summed E-state index contributed by atoms with van der Waals surface area (Å²) in [4.78, 5) is 9.56. The van der Waals surface area contributed by atoms with Gasteiger partial charge in [0.25, 0.3) is 0 Å². The smallest absolute Gasteiger partial charge is 0.146 e. The molecule has 0 saturated carbocycles. The molecule has 0 amide bonds. The summed E-state index contributed by atoms with van der Waals surface area (Å²) >= 11 is 13.7. The first-order valence-corrected chi connectivity index (χ1v) is 7.96. The van der Waals surface area contributed by atoms with E-state index in [2.05, 4.69) is 47.4 Å². The van der Waals surface area contributed by atoms with E-state index in [1.165, 1.54) is 11.1 Å². The third-order valence-electron chi connectivity index (χ3n) is 3.37. The third-order valence-corrected chi connectivity index (χ3v) is 4.76. The number of rotatable bonds is 2. The second-order valence-corrected chi connectivity index (χ2v) is 6.18. The van der Waals surface area contributed by atoms with E-state index in [4.69, 9.17) is 23.2 Å². The van der Waals surface area contributed by atoms with Gasteiger partial charge in [0, 0.05) is 10.9 Å². The minimum atomic E-state index is 0.270. The van der Waals surface area contributed by atoms with Gasteiger partial charge in [-0.25, -0.2) is 9.97 Å². The Labute approximate surface area is 131 Å². The summed E-state index contributed by atoms with van der Waals surface area (Å²) in [5, 5.41) is 3.46. The summed E-state index contributed by atoms with van der Waals surface area (Å²) in [5.74, 6) is 0.838. The lowest BCUT2D eigenvalue weighted by Gasteiger charge is -2.05. The molecular weight excluding hydrogens is 311 g/mol. The van der Waals surface area contributed by atoms with Crippen LogP contribution in [0.5, 0.6) is 0 Å². The Balaban J connectivity index is 2.24. The monoisotopic (exact) mass is 322 g/mol. The molecule has 0 aliphatic rings. The maximum absolute atomic E-state index is 6.31. The molecule has 20 heavy (non-hydrogen) atoms. The second-order valence-electron chi connectivity index (χ2n) is 4.69. The molecule has 0 atom stereocenters. The lowest BCUT2D eigenvalue weighted by atomic mass is 10.0. The number of benzene rings is 1. The first kappa shape index (κ1) is 13.8. The molecule has 0 saturated heterocycles. The number of aromatic nitrogens is 2. The van der Waals surface area contributed by atoms with Crippen LogP contribution in [0.25, 0.3) is 21.3 Å². The largest absolute Gasteiger partial charge is 0.221 e. The quantitative estimate of drug-likeness (QED) is 0.468. The van der Waals surface area contributed by atoms with Crippen LogP contribution in [-0.4, -0.2) is 9.97 Å². The highest BCUT2D eigenvalue weighted by Crippen LogP contribution is 2.37. The van der Waals surface area contributed by atoms with Crippen LogP contribution in [0.15, 0.2) is 23.6 Å². The van der Waals surface area contributed by atoms with Crippen molar-refractivity contribution in [2.75, 3.05) is 0 Å². The van der Waals surface area contributed by atoms with Crippen LogP contribution in [0.3, 0.4) is 0 Å². The van der Waals surface area contributed by atoms with Crippen molar-refractivity contribution in [3.8, 4) is 11.1 Å². The van der Waals surface area contributed by atoms with Crippen LogP contribution in [0.1, 0.15) is 17.0 Å². The second kappa shape index (κ2) is 5.32. The fraction of sp³-hybridized carbons (Fsp3) is 0.200. The van der Waals surface area contributed by atoms with Gasteiger partial charge in [-0.15, -0.1) is 22.9 Å². The van der Waals surface area contributed by atoms with E-state index in [1.807, 2.05) is 0 Å². The molecule has 3 aromatic rings. The van der Waals surface area contributed by atoms with Crippen LogP contribution in [0, 0.1) is 13.8 Å². The molecule has 0 aliphatic carbocycles. The molecule has 2 aromatic heterocycles. The summed E-state index contributed by atoms with van der Waals surface area (Å²) in [5.41, 5.74) is 4.76. The number of aryl methyl sites for hydroxylation is 2. The molecule has 3 rings (SSSR count). The molecule has 0 aliphatic heterocycles. The van der Waals surface area contributed by atoms with Crippen molar-refractivity contribution in [3.63, 3.8) is 0 Å². The average Bonchev–Trinajstić information content (AvgIpc) is 2.86. The molecule has 0 fully saturated rings. The summed E-state index contributed by atoms with van der Waals surface area (Å²) in [6.45, 7) is 4.21. The van der Waals surface area contributed by atoms with Crippen molar-refractivity contribution < 1.29 is 0 Å². The van der Waals surface area contributed by atoms with Gasteiger partial charge >= 0.3 is 0 Å². The first-order valence-electron chi connectivity index (χ1n) is 6.17. The van der Waals surface area contributed by atoms with Gasteiger partial charge in [0.15, 0.2) is 0 Å². The number of hydrogen-bond donors (Lipinski definition) is 0. The summed E-state index contributed by atoms with van der Waals surface area (Å²) < 4.78 is 0.